The Bertz CT molecular complexity index is 918. The lowest BCUT2D eigenvalue weighted by molar-refractivity contribution is -0.167. The summed E-state index contributed by atoms with van der Waals surface area (Å²) in [5.41, 5.74) is 0. The van der Waals surface area contributed by atoms with Crippen LogP contribution in [0.1, 0.15) is 310 Å². The Morgan fingerprint density at radius 1 is 0.311 bits per heavy atom. The number of hydrogen-bond acceptors (Lipinski definition) is 6. The number of rotatable bonds is 50. The SMILES string of the molecule is CCCCCCCCCCCCCCCCCC(=O)OC[C@@H](COC(=O)CCCCCCCCC)OC(=O)CCCCCCCCCCCCCCCCCCCCC(C)C. The highest BCUT2D eigenvalue weighted by molar-refractivity contribution is 5.71. The average Bonchev–Trinajstić information content (AvgIpc) is 3.24. The van der Waals surface area contributed by atoms with Crippen LogP contribution in [0.5, 0.6) is 0 Å². The second-order valence-corrected chi connectivity index (χ2v) is 19.3. The molecule has 0 heterocycles. The van der Waals surface area contributed by atoms with Crippen molar-refractivity contribution in [2.45, 2.75) is 316 Å². The third-order valence-corrected chi connectivity index (χ3v) is 12.5. The van der Waals surface area contributed by atoms with Crippen molar-refractivity contribution in [1.82, 2.24) is 0 Å². The van der Waals surface area contributed by atoms with E-state index in [1.54, 1.807) is 0 Å². The third kappa shape index (κ3) is 49.3. The van der Waals surface area contributed by atoms with Crippen molar-refractivity contribution in [3.05, 3.63) is 0 Å². The van der Waals surface area contributed by atoms with Crippen LogP contribution in [0, 0.1) is 5.92 Å². The molecule has 0 rings (SSSR count). The molecule has 0 spiro atoms. The lowest BCUT2D eigenvalue weighted by Gasteiger charge is -2.18. The van der Waals surface area contributed by atoms with Gasteiger partial charge in [0.25, 0.3) is 0 Å². The summed E-state index contributed by atoms with van der Waals surface area (Å²) in [4.78, 5) is 37.8. The number of carbonyl (C=O) groups is 3. The van der Waals surface area contributed by atoms with Gasteiger partial charge in [-0.15, -0.1) is 0 Å². The Balaban J connectivity index is 4.14. The summed E-state index contributed by atoms with van der Waals surface area (Å²) in [6.07, 6.45) is 52.5. The molecule has 0 bridgehead atoms. The molecule has 0 aromatic rings. The Hall–Kier alpha value is -1.59. The fourth-order valence-corrected chi connectivity index (χ4v) is 8.39. The average molecular weight is 863 g/mol. The van der Waals surface area contributed by atoms with Crippen LogP contribution in [0.25, 0.3) is 0 Å². The van der Waals surface area contributed by atoms with E-state index in [1.165, 1.54) is 205 Å². The van der Waals surface area contributed by atoms with Gasteiger partial charge in [0.05, 0.1) is 0 Å². The Morgan fingerprint density at radius 2 is 0.541 bits per heavy atom. The highest BCUT2D eigenvalue weighted by Gasteiger charge is 2.19. The van der Waals surface area contributed by atoms with Crippen LogP contribution in [-0.2, 0) is 28.6 Å². The molecule has 6 heteroatoms. The van der Waals surface area contributed by atoms with Gasteiger partial charge in [-0.1, -0.05) is 272 Å². The van der Waals surface area contributed by atoms with Crippen LogP contribution in [0.3, 0.4) is 0 Å². The molecule has 0 N–H and O–H groups in total. The summed E-state index contributed by atoms with van der Waals surface area (Å²) in [5, 5.41) is 0. The Kier molecular flexibility index (Phi) is 48.1. The zero-order valence-electron chi connectivity index (χ0n) is 41.6. The number of ether oxygens (including phenoxy) is 3. The summed E-state index contributed by atoms with van der Waals surface area (Å²) < 4.78 is 16.8. The molecule has 0 fully saturated rings. The fourth-order valence-electron chi connectivity index (χ4n) is 8.39. The van der Waals surface area contributed by atoms with Crippen LogP contribution in [0.15, 0.2) is 0 Å². The van der Waals surface area contributed by atoms with Crippen molar-refractivity contribution in [1.29, 1.82) is 0 Å². The van der Waals surface area contributed by atoms with E-state index in [0.717, 1.165) is 63.7 Å². The molecule has 0 aliphatic carbocycles. The first-order valence-electron chi connectivity index (χ1n) is 27.4. The van der Waals surface area contributed by atoms with Gasteiger partial charge >= 0.3 is 17.9 Å². The maximum atomic E-state index is 12.8. The Labute approximate surface area is 380 Å². The van der Waals surface area contributed by atoms with Crippen LogP contribution < -0.4 is 0 Å². The predicted molar refractivity (Wildman–Crippen MR) is 261 cm³/mol. The molecule has 362 valence electrons. The van der Waals surface area contributed by atoms with Gasteiger partial charge < -0.3 is 14.2 Å². The summed E-state index contributed by atoms with van der Waals surface area (Å²) in [6.45, 7) is 9.02. The molecule has 0 aliphatic rings. The van der Waals surface area contributed by atoms with E-state index in [0.29, 0.717) is 19.3 Å². The molecular formula is C55H106O6. The molecular weight excluding hydrogens is 757 g/mol. The first-order valence-corrected chi connectivity index (χ1v) is 27.4. The first kappa shape index (κ1) is 59.4. The zero-order chi connectivity index (χ0) is 44.5. The molecule has 0 aromatic heterocycles. The maximum absolute atomic E-state index is 12.8. The molecule has 0 aliphatic heterocycles. The summed E-state index contributed by atoms with van der Waals surface area (Å²) >= 11 is 0. The molecule has 0 saturated heterocycles. The number of esters is 3. The van der Waals surface area contributed by atoms with E-state index >= 15 is 0 Å². The van der Waals surface area contributed by atoms with Crippen LogP contribution in [-0.4, -0.2) is 37.2 Å². The molecule has 0 unspecified atom stereocenters. The van der Waals surface area contributed by atoms with Crippen molar-refractivity contribution >= 4 is 17.9 Å². The van der Waals surface area contributed by atoms with Crippen molar-refractivity contribution < 1.29 is 28.6 Å². The quantitative estimate of drug-likeness (QED) is 0.0344. The monoisotopic (exact) mass is 863 g/mol. The van der Waals surface area contributed by atoms with Gasteiger partial charge in [-0.2, -0.15) is 0 Å². The normalized spacial score (nSPS) is 12.0. The second kappa shape index (κ2) is 49.4. The predicted octanol–water partition coefficient (Wildman–Crippen LogP) is 17.8. The van der Waals surface area contributed by atoms with E-state index in [-0.39, 0.29) is 31.1 Å². The Morgan fingerprint density at radius 3 is 0.803 bits per heavy atom. The van der Waals surface area contributed by atoms with Crippen molar-refractivity contribution in [2.24, 2.45) is 5.92 Å². The smallest absolute Gasteiger partial charge is 0.306 e. The van der Waals surface area contributed by atoms with Gasteiger partial charge in [0.2, 0.25) is 0 Å². The largest absolute Gasteiger partial charge is 0.462 e. The number of unbranched alkanes of at least 4 members (excludes halogenated alkanes) is 37. The summed E-state index contributed by atoms with van der Waals surface area (Å²) in [7, 11) is 0. The highest BCUT2D eigenvalue weighted by Crippen LogP contribution is 2.18. The first-order chi connectivity index (χ1) is 29.9. The van der Waals surface area contributed by atoms with Crippen molar-refractivity contribution in [3.8, 4) is 0 Å². The zero-order valence-corrected chi connectivity index (χ0v) is 41.6. The summed E-state index contributed by atoms with van der Waals surface area (Å²) in [5.74, 6) is 0.0111. The van der Waals surface area contributed by atoms with Gasteiger partial charge in [-0.3, -0.25) is 14.4 Å². The molecule has 0 radical (unpaired) electrons. The minimum atomic E-state index is -0.759. The molecule has 1 atom stereocenters. The third-order valence-electron chi connectivity index (χ3n) is 12.5. The van der Waals surface area contributed by atoms with Gasteiger partial charge in [0, 0.05) is 19.3 Å². The van der Waals surface area contributed by atoms with E-state index in [1.807, 2.05) is 0 Å². The molecule has 0 amide bonds. The number of hydrogen-bond donors (Lipinski definition) is 0. The topological polar surface area (TPSA) is 78.9 Å². The standard InChI is InChI=1S/C55H106O6/c1-5-7-9-11-13-14-15-16-21-25-28-31-35-39-43-47-54(57)60-50-52(49-59-53(56)46-42-38-33-12-10-8-6-2)61-55(58)48-44-40-36-32-29-26-23-20-18-17-19-22-24-27-30-34-37-41-45-51(3)4/h51-52H,5-50H2,1-4H3/t52-/m1/s1. The molecule has 0 aromatic carbocycles. The van der Waals surface area contributed by atoms with Gasteiger partial charge in [-0.05, 0) is 25.2 Å². The number of carbonyl (C=O) groups excluding carboxylic acids is 3. The lowest BCUT2D eigenvalue weighted by Crippen LogP contribution is -2.30. The van der Waals surface area contributed by atoms with E-state index in [4.69, 9.17) is 14.2 Å². The van der Waals surface area contributed by atoms with Gasteiger partial charge in [0.1, 0.15) is 13.2 Å². The maximum Gasteiger partial charge on any atom is 0.306 e. The van der Waals surface area contributed by atoms with Crippen molar-refractivity contribution in [3.63, 3.8) is 0 Å². The summed E-state index contributed by atoms with van der Waals surface area (Å²) in [6, 6.07) is 0. The molecule has 6 nitrogen and oxygen atoms in total. The van der Waals surface area contributed by atoms with Crippen LogP contribution in [0.2, 0.25) is 0 Å². The molecule has 0 saturated carbocycles. The van der Waals surface area contributed by atoms with Crippen molar-refractivity contribution in [2.75, 3.05) is 13.2 Å². The second-order valence-electron chi connectivity index (χ2n) is 19.3. The minimum absolute atomic E-state index is 0.0627. The van der Waals surface area contributed by atoms with Gasteiger partial charge in [0.15, 0.2) is 6.10 Å². The fraction of sp³-hybridized carbons (Fsp3) is 0.945. The van der Waals surface area contributed by atoms with E-state index in [9.17, 15) is 14.4 Å². The minimum Gasteiger partial charge on any atom is -0.462 e. The van der Waals surface area contributed by atoms with E-state index < -0.39 is 6.10 Å². The highest BCUT2D eigenvalue weighted by atomic mass is 16.6. The van der Waals surface area contributed by atoms with Crippen LogP contribution >= 0.6 is 0 Å². The van der Waals surface area contributed by atoms with Gasteiger partial charge in [-0.25, -0.2) is 0 Å². The molecule has 61 heavy (non-hydrogen) atoms. The lowest BCUT2D eigenvalue weighted by atomic mass is 10.0. The van der Waals surface area contributed by atoms with E-state index in [2.05, 4.69) is 27.7 Å². The van der Waals surface area contributed by atoms with Crippen LogP contribution in [0.4, 0.5) is 0 Å².